The van der Waals surface area contributed by atoms with E-state index in [0.717, 1.165) is 5.56 Å². The van der Waals surface area contributed by atoms with Crippen molar-refractivity contribution in [3.63, 3.8) is 0 Å². The summed E-state index contributed by atoms with van der Waals surface area (Å²) < 4.78 is 26.5. The zero-order valence-electron chi connectivity index (χ0n) is 15.4. The third kappa shape index (κ3) is 3.96. The molecule has 0 N–H and O–H groups in total. The minimum absolute atomic E-state index is 0.0860. The lowest BCUT2D eigenvalue weighted by molar-refractivity contribution is 0.0491. The Morgan fingerprint density at radius 3 is 2.37 bits per heavy atom. The fraction of sp³-hybridized carbons (Fsp3) is 0.190. The average Bonchev–Trinajstić information content (AvgIpc) is 3.26. The summed E-state index contributed by atoms with van der Waals surface area (Å²) in [6.07, 6.45) is 1.59. The minimum Gasteiger partial charge on any atom is -0.496 e. The molecule has 6 nitrogen and oxygen atoms in total. The Labute approximate surface area is 157 Å². The highest BCUT2D eigenvalue weighted by molar-refractivity contribution is 6.11. The molecule has 0 radical (unpaired) electrons. The predicted molar refractivity (Wildman–Crippen MR) is 99.6 cm³/mol. The van der Waals surface area contributed by atoms with Crippen LogP contribution in [0.4, 0.5) is 0 Å². The van der Waals surface area contributed by atoms with E-state index in [1.165, 1.54) is 21.3 Å². The number of hydrogen-bond donors (Lipinski definition) is 0. The van der Waals surface area contributed by atoms with Gasteiger partial charge in [0.05, 0.1) is 26.0 Å². The first-order valence-electron chi connectivity index (χ1n) is 8.24. The number of carbonyl (C=O) groups is 1. The van der Waals surface area contributed by atoms with Crippen LogP contribution >= 0.6 is 0 Å². The summed E-state index contributed by atoms with van der Waals surface area (Å²) in [7, 11) is 4.57. The number of ether oxygens (including phenoxy) is 4. The van der Waals surface area contributed by atoms with Gasteiger partial charge in [-0.05, 0) is 48.5 Å². The van der Waals surface area contributed by atoms with Crippen molar-refractivity contribution < 1.29 is 28.2 Å². The van der Waals surface area contributed by atoms with Gasteiger partial charge in [-0.15, -0.1) is 0 Å². The van der Waals surface area contributed by atoms with Gasteiger partial charge in [-0.1, -0.05) is 0 Å². The number of ketones is 1. The first-order chi connectivity index (χ1) is 13.2. The van der Waals surface area contributed by atoms with Crippen molar-refractivity contribution >= 4 is 5.78 Å². The Balaban J connectivity index is 1.98. The molecule has 0 unspecified atom stereocenters. The van der Waals surface area contributed by atoms with Crippen LogP contribution in [0.25, 0.3) is 11.3 Å². The molecule has 0 saturated heterocycles. The zero-order chi connectivity index (χ0) is 19.2. The fourth-order valence-corrected chi connectivity index (χ4v) is 2.69. The number of carbonyl (C=O) groups excluding carboxylic acids is 1. The van der Waals surface area contributed by atoms with Gasteiger partial charge in [0.2, 0.25) is 0 Å². The van der Waals surface area contributed by atoms with Crippen molar-refractivity contribution in [3.8, 4) is 28.6 Å². The van der Waals surface area contributed by atoms with Gasteiger partial charge in [0, 0.05) is 18.2 Å². The number of benzene rings is 2. The van der Waals surface area contributed by atoms with Crippen LogP contribution < -0.4 is 14.2 Å². The van der Waals surface area contributed by atoms with E-state index in [9.17, 15) is 4.79 Å². The van der Waals surface area contributed by atoms with E-state index in [1.54, 1.807) is 42.7 Å². The molecule has 0 atom stereocenters. The summed E-state index contributed by atoms with van der Waals surface area (Å²) in [6.45, 7) is 0.0860. The highest BCUT2D eigenvalue weighted by atomic mass is 16.7. The van der Waals surface area contributed by atoms with Crippen molar-refractivity contribution in [2.24, 2.45) is 0 Å². The smallest absolute Gasteiger partial charge is 0.196 e. The molecule has 3 rings (SSSR count). The van der Waals surface area contributed by atoms with Crippen molar-refractivity contribution in [2.45, 2.75) is 0 Å². The highest BCUT2D eigenvalue weighted by Gasteiger charge is 2.18. The molecule has 0 fully saturated rings. The number of furan rings is 1. The van der Waals surface area contributed by atoms with Crippen molar-refractivity contribution in [2.75, 3.05) is 28.1 Å². The SMILES string of the molecule is COCOc1ccc(C(=O)c2cc(-c3ccco3)ccc2OC)cc1OC. The summed E-state index contributed by atoms with van der Waals surface area (Å²) in [5, 5.41) is 0. The number of hydrogen-bond acceptors (Lipinski definition) is 6. The van der Waals surface area contributed by atoms with E-state index in [0.29, 0.717) is 34.1 Å². The van der Waals surface area contributed by atoms with Crippen molar-refractivity contribution in [1.29, 1.82) is 0 Å². The van der Waals surface area contributed by atoms with E-state index in [-0.39, 0.29) is 12.6 Å². The van der Waals surface area contributed by atoms with Crippen molar-refractivity contribution in [3.05, 3.63) is 65.9 Å². The Bertz CT molecular complexity index is 914. The van der Waals surface area contributed by atoms with Crippen LogP contribution in [0.3, 0.4) is 0 Å². The predicted octanol–water partition coefficient (Wildman–Crippen LogP) is 4.18. The van der Waals surface area contributed by atoms with Crippen LogP contribution in [0.5, 0.6) is 17.2 Å². The molecule has 3 aromatic rings. The first kappa shape index (κ1) is 18.5. The first-order valence-corrected chi connectivity index (χ1v) is 8.24. The van der Waals surface area contributed by atoms with E-state index in [1.807, 2.05) is 12.1 Å². The molecule has 0 bridgehead atoms. The second-order valence-electron chi connectivity index (χ2n) is 5.64. The molecule has 0 aliphatic heterocycles. The van der Waals surface area contributed by atoms with Gasteiger partial charge >= 0.3 is 0 Å². The molecule has 0 spiro atoms. The molecule has 2 aromatic carbocycles. The molecule has 6 heteroatoms. The molecule has 0 saturated carbocycles. The lowest BCUT2D eigenvalue weighted by Crippen LogP contribution is -2.06. The monoisotopic (exact) mass is 368 g/mol. The van der Waals surface area contributed by atoms with E-state index in [4.69, 9.17) is 23.4 Å². The van der Waals surface area contributed by atoms with E-state index < -0.39 is 0 Å². The van der Waals surface area contributed by atoms with Gasteiger partial charge in [-0.2, -0.15) is 0 Å². The maximum absolute atomic E-state index is 13.1. The lowest BCUT2D eigenvalue weighted by Gasteiger charge is -2.13. The molecule has 0 amide bonds. The highest BCUT2D eigenvalue weighted by Crippen LogP contribution is 2.32. The molecule has 1 heterocycles. The van der Waals surface area contributed by atoms with Gasteiger partial charge < -0.3 is 23.4 Å². The van der Waals surface area contributed by atoms with Crippen LogP contribution in [-0.2, 0) is 4.74 Å². The molecular weight excluding hydrogens is 348 g/mol. The number of methoxy groups -OCH3 is 3. The molecule has 27 heavy (non-hydrogen) atoms. The summed E-state index contributed by atoms with van der Waals surface area (Å²) in [6, 6.07) is 14.0. The van der Waals surface area contributed by atoms with Crippen molar-refractivity contribution in [1.82, 2.24) is 0 Å². The minimum atomic E-state index is -0.197. The second-order valence-corrected chi connectivity index (χ2v) is 5.64. The molecule has 1 aromatic heterocycles. The van der Waals surface area contributed by atoms with Gasteiger partial charge in [-0.3, -0.25) is 4.79 Å². The molecule has 0 aliphatic carbocycles. The third-order valence-electron chi connectivity index (χ3n) is 4.01. The van der Waals surface area contributed by atoms with E-state index >= 15 is 0 Å². The van der Waals surface area contributed by atoms with Crippen LogP contribution in [-0.4, -0.2) is 33.9 Å². The largest absolute Gasteiger partial charge is 0.496 e. The van der Waals surface area contributed by atoms with E-state index in [2.05, 4.69) is 0 Å². The maximum Gasteiger partial charge on any atom is 0.196 e. The Hall–Kier alpha value is -3.25. The Morgan fingerprint density at radius 2 is 1.70 bits per heavy atom. The van der Waals surface area contributed by atoms with Crippen LogP contribution in [0.15, 0.2) is 59.2 Å². The Morgan fingerprint density at radius 1 is 0.926 bits per heavy atom. The Kier molecular flexibility index (Phi) is 5.78. The quantitative estimate of drug-likeness (QED) is 0.439. The normalized spacial score (nSPS) is 10.5. The fourth-order valence-electron chi connectivity index (χ4n) is 2.69. The summed E-state index contributed by atoms with van der Waals surface area (Å²) >= 11 is 0. The van der Waals surface area contributed by atoms with Crippen LogP contribution in [0.1, 0.15) is 15.9 Å². The van der Waals surface area contributed by atoms with Gasteiger partial charge in [0.25, 0.3) is 0 Å². The molecular formula is C21H20O6. The van der Waals surface area contributed by atoms with Gasteiger partial charge in [-0.25, -0.2) is 0 Å². The van der Waals surface area contributed by atoms with Gasteiger partial charge in [0.15, 0.2) is 24.1 Å². The van der Waals surface area contributed by atoms with Gasteiger partial charge in [0.1, 0.15) is 11.5 Å². The second kappa shape index (κ2) is 8.42. The maximum atomic E-state index is 13.1. The zero-order valence-corrected chi connectivity index (χ0v) is 15.4. The topological polar surface area (TPSA) is 67.1 Å². The molecule has 0 aliphatic rings. The lowest BCUT2D eigenvalue weighted by atomic mass is 9.99. The summed E-state index contributed by atoms with van der Waals surface area (Å²) in [5.41, 5.74) is 1.67. The molecule has 140 valence electrons. The third-order valence-corrected chi connectivity index (χ3v) is 4.01. The summed E-state index contributed by atoms with van der Waals surface area (Å²) in [5.74, 6) is 1.89. The average molecular weight is 368 g/mol. The van der Waals surface area contributed by atoms with Crippen LogP contribution in [0.2, 0.25) is 0 Å². The summed E-state index contributed by atoms with van der Waals surface area (Å²) in [4.78, 5) is 13.1. The number of rotatable bonds is 8. The van der Waals surface area contributed by atoms with Crippen LogP contribution in [0, 0.1) is 0 Å². The standard InChI is InChI=1S/C21H20O6/c1-23-13-27-19-9-7-15(12-20(19)25-3)21(22)16-11-14(6-8-18(16)24-2)17-5-4-10-26-17/h4-12H,13H2,1-3H3.